The number of carbonyl (C=O) groups is 1. The van der Waals surface area contributed by atoms with Crippen molar-refractivity contribution in [3.63, 3.8) is 0 Å². The molecule has 1 aliphatic rings. The zero-order valence-electron chi connectivity index (χ0n) is 21.1. The molecule has 3 aromatic rings. The number of anilines is 1. The fourth-order valence-electron chi connectivity index (χ4n) is 4.41. The van der Waals surface area contributed by atoms with Gasteiger partial charge in [0, 0.05) is 80.9 Å². The molecule has 37 heavy (non-hydrogen) atoms. The molecule has 0 unspecified atom stereocenters. The van der Waals surface area contributed by atoms with Gasteiger partial charge in [0.25, 0.3) is 11.2 Å². The number of nitro groups is 1. The number of nitro benzene ring substituents is 1. The number of amides is 1. The van der Waals surface area contributed by atoms with Gasteiger partial charge < -0.3 is 9.80 Å². The molecule has 1 aromatic heterocycles. The van der Waals surface area contributed by atoms with Crippen LogP contribution in [-0.4, -0.2) is 57.2 Å². The lowest BCUT2D eigenvalue weighted by molar-refractivity contribution is -0.384. The summed E-state index contributed by atoms with van der Waals surface area (Å²) >= 11 is 1.50. The van der Waals surface area contributed by atoms with E-state index in [2.05, 4.69) is 9.88 Å². The summed E-state index contributed by atoms with van der Waals surface area (Å²) in [6, 6.07) is 16.4. The number of nitrogens with zero attached hydrogens (tertiary/aromatic N) is 5. The molecule has 0 radical (unpaired) electrons. The molecule has 4 rings (SSSR count). The average molecular weight is 522 g/mol. The van der Waals surface area contributed by atoms with Crippen molar-refractivity contribution >= 4 is 29.0 Å². The van der Waals surface area contributed by atoms with Gasteiger partial charge in [0.2, 0.25) is 5.91 Å². The summed E-state index contributed by atoms with van der Waals surface area (Å²) in [5, 5.41) is 11.5. The summed E-state index contributed by atoms with van der Waals surface area (Å²) < 4.78 is 1.61. The first kappa shape index (κ1) is 26.4. The predicted molar refractivity (Wildman–Crippen MR) is 145 cm³/mol. The molecule has 194 valence electrons. The summed E-state index contributed by atoms with van der Waals surface area (Å²) in [4.78, 5) is 44.8. The van der Waals surface area contributed by atoms with E-state index in [9.17, 15) is 19.7 Å². The Morgan fingerprint density at radius 2 is 1.73 bits per heavy atom. The first-order valence-corrected chi connectivity index (χ1v) is 13.3. The lowest BCUT2D eigenvalue weighted by atomic mass is 10.1. The van der Waals surface area contributed by atoms with E-state index in [0.29, 0.717) is 61.9 Å². The smallest absolute Gasteiger partial charge is 0.269 e. The third-order valence-electron chi connectivity index (χ3n) is 6.60. The van der Waals surface area contributed by atoms with Crippen molar-refractivity contribution in [1.82, 2.24) is 14.5 Å². The molecule has 2 heterocycles. The van der Waals surface area contributed by atoms with Crippen molar-refractivity contribution in [2.45, 2.75) is 31.3 Å². The van der Waals surface area contributed by atoms with Gasteiger partial charge in [0.15, 0.2) is 5.16 Å². The van der Waals surface area contributed by atoms with Crippen LogP contribution in [-0.2, 0) is 18.3 Å². The fourth-order valence-corrected chi connectivity index (χ4v) is 5.36. The number of rotatable bonds is 9. The highest BCUT2D eigenvalue weighted by Crippen LogP contribution is 2.22. The van der Waals surface area contributed by atoms with Crippen molar-refractivity contribution in [2.75, 3.05) is 36.8 Å². The zero-order chi connectivity index (χ0) is 26.4. The molecule has 1 fully saturated rings. The Bertz CT molecular complexity index is 1300. The van der Waals surface area contributed by atoms with Crippen LogP contribution in [0.5, 0.6) is 0 Å². The van der Waals surface area contributed by atoms with Crippen molar-refractivity contribution in [3.8, 4) is 0 Å². The number of hydrogen-bond donors (Lipinski definition) is 0. The highest BCUT2D eigenvalue weighted by atomic mass is 32.2. The minimum Gasteiger partial charge on any atom is -0.368 e. The number of benzene rings is 2. The van der Waals surface area contributed by atoms with Crippen LogP contribution in [0.2, 0.25) is 0 Å². The summed E-state index contributed by atoms with van der Waals surface area (Å²) in [5.74, 6) is 0.826. The van der Waals surface area contributed by atoms with Crippen LogP contribution in [0.4, 0.5) is 11.4 Å². The number of aromatic nitrogens is 2. The normalized spacial score (nSPS) is 13.6. The van der Waals surface area contributed by atoms with Crippen LogP contribution in [0.15, 0.2) is 64.5 Å². The predicted octanol–water partition coefficient (Wildman–Crippen LogP) is 3.81. The number of piperazine rings is 1. The second-order valence-corrected chi connectivity index (χ2v) is 10.1. The number of aryl methyl sites for hydroxylation is 1. The zero-order valence-corrected chi connectivity index (χ0v) is 21.9. The van der Waals surface area contributed by atoms with Crippen LogP contribution in [0, 0.1) is 17.0 Å². The van der Waals surface area contributed by atoms with E-state index >= 15 is 0 Å². The molecule has 2 aromatic carbocycles. The third kappa shape index (κ3) is 6.56. The van der Waals surface area contributed by atoms with Crippen LogP contribution in [0.1, 0.15) is 29.7 Å². The third-order valence-corrected chi connectivity index (χ3v) is 7.71. The lowest BCUT2D eigenvalue weighted by Gasteiger charge is -2.36. The van der Waals surface area contributed by atoms with Gasteiger partial charge in [-0.2, -0.15) is 0 Å². The van der Waals surface area contributed by atoms with E-state index < -0.39 is 4.92 Å². The molecule has 0 N–H and O–H groups in total. The number of carbonyl (C=O) groups excluding carboxylic acids is 1. The van der Waals surface area contributed by atoms with Crippen molar-refractivity contribution in [1.29, 1.82) is 0 Å². The maximum absolute atomic E-state index is 13.0. The van der Waals surface area contributed by atoms with Crippen LogP contribution >= 0.6 is 11.8 Å². The Balaban J connectivity index is 1.24. The minimum atomic E-state index is -0.406. The minimum absolute atomic E-state index is 0.0270. The molecular weight excluding hydrogens is 490 g/mol. The summed E-state index contributed by atoms with van der Waals surface area (Å²) in [6.45, 7) is 4.52. The maximum Gasteiger partial charge on any atom is 0.269 e. The Kier molecular flexibility index (Phi) is 8.60. The second kappa shape index (κ2) is 12.1. The highest BCUT2D eigenvalue weighted by Gasteiger charge is 2.21. The van der Waals surface area contributed by atoms with E-state index in [4.69, 9.17) is 0 Å². The Labute approximate surface area is 220 Å². The SMILES string of the molecule is Cc1nc(SCCCC(=O)N2CCN(c3ccc([N+](=O)[O-])cc3)CC2)n(C)c(=O)c1Cc1ccccc1. The second-order valence-electron chi connectivity index (χ2n) is 9.08. The monoisotopic (exact) mass is 521 g/mol. The molecule has 0 aliphatic carbocycles. The largest absolute Gasteiger partial charge is 0.368 e. The fraction of sp³-hybridized carbons (Fsp3) is 0.370. The molecule has 0 atom stereocenters. The van der Waals surface area contributed by atoms with Crippen LogP contribution in [0.25, 0.3) is 0 Å². The Hall–Kier alpha value is -3.66. The summed E-state index contributed by atoms with van der Waals surface area (Å²) in [6.07, 6.45) is 1.71. The first-order chi connectivity index (χ1) is 17.8. The van der Waals surface area contributed by atoms with E-state index in [1.165, 1.54) is 23.9 Å². The van der Waals surface area contributed by atoms with Gasteiger partial charge in [0.1, 0.15) is 0 Å². The summed E-state index contributed by atoms with van der Waals surface area (Å²) in [7, 11) is 1.75. The highest BCUT2D eigenvalue weighted by molar-refractivity contribution is 7.99. The molecule has 1 aliphatic heterocycles. The van der Waals surface area contributed by atoms with E-state index in [1.54, 1.807) is 23.7 Å². The van der Waals surface area contributed by atoms with Gasteiger partial charge in [0.05, 0.1) is 4.92 Å². The van der Waals surface area contributed by atoms with Crippen molar-refractivity contribution < 1.29 is 9.72 Å². The van der Waals surface area contributed by atoms with E-state index in [0.717, 1.165) is 16.9 Å². The Morgan fingerprint density at radius 3 is 2.38 bits per heavy atom. The number of thioether (sulfide) groups is 1. The van der Waals surface area contributed by atoms with E-state index in [-0.39, 0.29) is 17.2 Å². The van der Waals surface area contributed by atoms with Crippen molar-refractivity contribution in [2.24, 2.45) is 7.05 Å². The quantitative estimate of drug-likeness (QED) is 0.139. The molecule has 9 nitrogen and oxygen atoms in total. The standard InChI is InChI=1S/C27H31N5O4S/c1-20-24(19-21-7-4-3-5-8-21)26(34)29(2)27(28-20)37-18-6-9-25(33)31-16-14-30(15-17-31)22-10-12-23(13-11-22)32(35)36/h3-5,7-8,10-13H,6,9,14-19H2,1-2H3. The average Bonchev–Trinajstić information content (AvgIpc) is 2.92. The Morgan fingerprint density at radius 1 is 1.05 bits per heavy atom. The van der Waals surface area contributed by atoms with Gasteiger partial charge in [-0.05, 0) is 31.0 Å². The van der Waals surface area contributed by atoms with E-state index in [1.807, 2.05) is 42.2 Å². The topological polar surface area (TPSA) is 102 Å². The lowest BCUT2D eigenvalue weighted by Crippen LogP contribution is -2.48. The molecular formula is C27H31N5O4S. The molecule has 10 heteroatoms. The molecule has 0 saturated carbocycles. The van der Waals surface area contributed by atoms with Crippen LogP contribution in [0.3, 0.4) is 0 Å². The van der Waals surface area contributed by atoms with Crippen molar-refractivity contribution in [3.05, 3.63) is 91.9 Å². The van der Waals surface area contributed by atoms with Gasteiger partial charge in [-0.3, -0.25) is 24.3 Å². The molecule has 1 saturated heterocycles. The van der Waals surface area contributed by atoms with Gasteiger partial charge in [-0.1, -0.05) is 42.1 Å². The first-order valence-electron chi connectivity index (χ1n) is 12.3. The van der Waals surface area contributed by atoms with Crippen LogP contribution < -0.4 is 10.5 Å². The van der Waals surface area contributed by atoms with Gasteiger partial charge in [-0.15, -0.1) is 0 Å². The number of non-ortho nitro benzene ring substituents is 1. The van der Waals surface area contributed by atoms with Gasteiger partial charge >= 0.3 is 0 Å². The van der Waals surface area contributed by atoms with Gasteiger partial charge in [-0.25, -0.2) is 4.98 Å². The maximum atomic E-state index is 13.0. The number of hydrogen-bond acceptors (Lipinski definition) is 7. The molecule has 1 amide bonds. The molecule has 0 bridgehead atoms. The molecule has 0 spiro atoms. The summed E-state index contributed by atoms with van der Waals surface area (Å²) in [5.41, 5.74) is 3.51.